The summed E-state index contributed by atoms with van der Waals surface area (Å²) in [5.41, 5.74) is 1.27. The Kier molecular flexibility index (Phi) is 4.20. The van der Waals surface area contributed by atoms with Crippen molar-refractivity contribution in [3.8, 4) is 0 Å². The quantitative estimate of drug-likeness (QED) is 0.861. The molecule has 1 aliphatic rings. The number of β-amino-alcohol motifs (C(OH)–C–C–N with tert-alkyl or cyclic N) is 1. The maximum Gasteiger partial charge on any atom is 0.407 e. The lowest BCUT2D eigenvalue weighted by Gasteiger charge is -2.34. The topological polar surface area (TPSA) is 60.8 Å². The van der Waals surface area contributed by atoms with Crippen LogP contribution in [-0.4, -0.2) is 40.4 Å². The van der Waals surface area contributed by atoms with E-state index < -0.39 is 12.2 Å². The van der Waals surface area contributed by atoms with Gasteiger partial charge in [-0.1, -0.05) is 30.3 Å². The number of nitrogens with zero attached hydrogens (tertiary/aromatic N) is 1. The Hall–Kier alpha value is -1.55. The molecule has 2 rings (SSSR count). The predicted molar refractivity (Wildman–Crippen MR) is 68.5 cm³/mol. The van der Waals surface area contributed by atoms with Gasteiger partial charge in [0.05, 0.1) is 12.6 Å². The van der Waals surface area contributed by atoms with Gasteiger partial charge in [-0.15, -0.1) is 0 Å². The molecule has 0 spiro atoms. The van der Waals surface area contributed by atoms with Gasteiger partial charge in [-0.2, -0.15) is 0 Å². The average Bonchev–Trinajstić information content (AvgIpc) is 2.38. The fourth-order valence-electron chi connectivity index (χ4n) is 2.49. The van der Waals surface area contributed by atoms with Crippen LogP contribution in [0.5, 0.6) is 0 Å². The van der Waals surface area contributed by atoms with Crippen LogP contribution in [0.2, 0.25) is 0 Å². The molecule has 1 heterocycles. The number of aliphatic hydroxyl groups is 1. The van der Waals surface area contributed by atoms with Gasteiger partial charge in [-0.05, 0) is 30.7 Å². The van der Waals surface area contributed by atoms with Crippen LogP contribution >= 0.6 is 0 Å². The zero-order valence-corrected chi connectivity index (χ0v) is 10.3. The van der Waals surface area contributed by atoms with Gasteiger partial charge < -0.3 is 15.1 Å². The Labute approximate surface area is 107 Å². The number of carboxylic acid groups (broad SMARTS) is 1. The van der Waals surface area contributed by atoms with Crippen molar-refractivity contribution in [3.05, 3.63) is 35.9 Å². The van der Waals surface area contributed by atoms with Crippen LogP contribution < -0.4 is 0 Å². The van der Waals surface area contributed by atoms with Gasteiger partial charge in [-0.25, -0.2) is 4.79 Å². The SMILES string of the molecule is O=C(O)N1CC[C@@H](CCc2ccccc2)[C@@H](O)C1. The first kappa shape index (κ1) is 12.9. The molecule has 1 aromatic carbocycles. The summed E-state index contributed by atoms with van der Waals surface area (Å²) in [6.07, 6.45) is 1.14. The van der Waals surface area contributed by atoms with Crippen LogP contribution in [0.1, 0.15) is 18.4 Å². The van der Waals surface area contributed by atoms with Crippen LogP contribution in [0, 0.1) is 5.92 Å². The van der Waals surface area contributed by atoms with E-state index in [0.717, 1.165) is 19.3 Å². The van der Waals surface area contributed by atoms with Gasteiger partial charge in [0.2, 0.25) is 0 Å². The van der Waals surface area contributed by atoms with E-state index in [2.05, 4.69) is 12.1 Å². The lowest BCUT2D eigenvalue weighted by molar-refractivity contribution is 0.0218. The van der Waals surface area contributed by atoms with Crippen molar-refractivity contribution in [1.82, 2.24) is 4.90 Å². The number of benzene rings is 1. The first-order valence-corrected chi connectivity index (χ1v) is 6.36. The molecule has 18 heavy (non-hydrogen) atoms. The number of piperidine rings is 1. The van der Waals surface area contributed by atoms with E-state index in [0.29, 0.717) is 6.54 Å². The van der Waals surface area contributed by atoms with Crippen molar-refractivity contribution >= 4 is 6.09 Å². The second kappa shape index (κ2) is 5.87. The third-order valence-electron chi connectivity index (χ3n) is 3.64. The Bertz CT molecular complexity index is 393. The van der Waals surface area contributed by atoms with Crippen LogP contribution in [-0.2, 0) is 6.42 Å². The monoisotopic (exact) mass is 249 g/mol. The van der Waals surface area contributed by atoms with E-state index in [4.69, 9.17) is 5.11 Å². The lowest BCUT2D eigenvalue weighted by atomic mass is 9.88. The number of rotatable bonds is 3. The highest BCUT2D eigenvalue weighted by molar-refractivity contribution is 5.65. The van der Waals surface area contributed by atoms with Crippen LogP contribution in [0.15, 0.2) is 30.3 Å². The molecule has 98 valence electrons. The Morgan fingerprint density at radius 1 is 1.33 bits per heavy atom. The number of aryl methyl sites for hydroxylation is 1. The number of aliphatic hydroxyl groups excluding tert-OH is 1. The van der Waals surface area contributed by atoms with E-state index in [-0.39, 0.29) is 12.5 Å². The number of likely N-dealkylation sites (tertiary alicyclic amines) is 1. The predicted octanol–water partition coefficient (Wildman–Crippen LogP) is 1.98. The second-order valence-electron chi connectivity index (χ2n) is 4.87. The minimum atomic E-state index is -0.935. The van der Waals surface area contributed by atoms with Gasteiger partial charge in [0.25, 0.3) is 0 Å². The van der Waals surface area contributed by atoms with Gasteiger partial charge in [0, 0.05) is 6.54 Å². The van der Waals surface area contributed by atoms with Crippen molar-refractivity contribution < 1.29 is 15.0 Å². The summed E-state index contributed by atoms with van der Waals surface area (Å²) in [7, 11) is 0. The molecule has 2 N–H and O–H groups in total. The van der Waals surface area contributed by atoms with Crippen molar-refractivity contribution in [2.75, 3.05) is 13.1 Å². The molecule has 2 atom stereocenters. The zero-order valence-electron chi connectivity index (χ0n) is 10.3. The molecule has 0 saturated carbocycles. The van der Waals surface area contributed by atoms with E-state index in [1.54, 1.807) is 0 Å². The highest BCUT2D eigenvalue weighted by Gasteiger charge is 2.29. The number of amides is 1. The smallest absolute Gasteiger partial charge is 0.407 e. The first-order valence-electron chi connectivity index (χ1n) is 6.36. The molecular formula is C14H19NO3. The minimum Gasteiger partial charge on any atom is -0.465 e. The third kappa shape index (κ3) is 3.23. The summed E-state index contributed by atoms with van der Waals surface area (Å²) in [6.45, 7) is 0.778. The molecule has 4 nitrogen and oxygen atoms in total. The van der Waals surface area contributed by atoms with Crippen molar-refractivity contribution in [2.24, 2.45) is 5.92 Å². The average molecular weight is 249 g/mol. The number of carbonyl (C=O) groups is 1. The molecule has 1 amide bonds. The summed E-state index contributed by atoms with van der Waals surface area (Å²) in [6, 6.07) is 10.2. The zero-order chi connectivity index (χ0) is 13.0. The number of hydrogen-bond acceptors (Lipinski definition) is 2. The molecule has 0 bridgehead atoms. The molecule has 1 aromatic rings. The molecule has 1 fully saturated rings. The highest BCUT2D eigenvalue weighted by Crippen LogP contribution is 2.23. The fraction of sp³-hybridized carbons (Fsp3) is 0.500. The standard InChI is InChI=1S/C14H19NO3/c16-13-10-15(14(17)18)9-8-12(13)7-6-11-4-2-1-3-5-11/h1-5,12-13,16H,6-10H2,(H,17,18)/t12-,13+/m1/s1. The van der Waals surface area contributed by atoms with E-state index in [9.17, 15) is 9.90 Å². The molecule has 1 saturated heterocycles. The molecule has 0 aliphatic carbocycles. The second-order valence-corrected chi connectivity index (χ2v) is 4.87. The molecule has 4 heteroatoms. The summed E-state index contributed by atoms with van der Waals surface area (Å²) in [5, 5.41) is 18.8. The molecule has 1 aliphatic heterocycles. The van der Waals surface area contributed by atoms with Crippen molar-refractivity contribution in [1.29, 1.82) is 0 Å². The Morgan fingerprint density at radius 3 is 2.67 bits per heavy atom. The van der Waals surface area contributed by atoms with Gasteiger partial charge >= 0.3 is 6.09 Å². The maximum atomic E-state index is 10.8. The Balaban J connectivity index is 1.83. The molecular weight excluding hydrogens is 230 g/mol. The van der Waals surface area contributed by atoms with Crippen molar-refractivity contribution in [3.63, 3.8) is 0 Å². The third-order valence-corrected chi connectivity index (χ3v) is 3.64. The normalized spacial score (nSPS) is 23.9. The van der Waals surface area contributed by atoms with Gasteiger partial charge in [0.15, 0.2) is 0 Å². The number of hydrogen-bond donors (Lipinski definition) is 2. The minimum absolute atomic E-state index is 0.209. The molecule has 0 unspecified atom stereocenters. The van der Waals surface area contributed by atoms with E-state index in [1.165, 1.54) is 10.5 Å². The van der Waals surface area contributed by atoms with Crippen molar-refractivity contribution in [2.45, 2.75) is 25.4 Å². The molecule has 0 aromatic heterocycles. The summed E-state index contributed by atoms with van der Waals surface area (Å²) in [4.78, 5) is 12.1. The maximum absolute atomic E-state index is 10.8. The Morgan fingerprint density at radius 2 is 2.06 bits per heavy atom. The highest BCUT2D eigenvalue weighted by atomic mass is 16.4. The van der Waals surface area contributed by atoms with Gasteiger partial charge in [0.1, 0.15) is 0 Å². The van der Waals surface area contributed by atoms with Gasteiger partial charge in [-0.3, -0.25) is 0 Å². The lowest BCUT2D eigenvalue weighted by Crippen LogP contribution is -2.46. The van der Waals surface area contributed by atoms with E-state index >= 15 is 0 Å². The summed E-state index contributed by atoms with van der Waals surface area (Å²) < 4.78 is 0. The largest absolute Gasteiger partial charge is 0.465 e. The van der Waals surface area contributed by atoms with E-state index in [1.807, 2.05) is 18.2 Å². The van der Waals surface area contributed by atoms with Crippen LogP contribution in [0.3, 0.4) is 0 Å². The summed E-state index contributed by atoms with van der Waals surface area (Å²) in [5.74, 6) is 0.209. The molecule has 0 radical (unpaired) electrons. The fourth-order valence-corrected chi connectivity index (χ4v) is 2.49. The van der Waals surface area contributed by atoms with Crippen LogP contribution in [0.4, 0.5) is 4.79 Å². The first-order chi connectivity index (χ1) is 8.66. The summed E-state index contributed by atoms with van der Waals surface area (Å²) >= 11 is 0. The van der Waals surface area contributed by atoms with Crippen LogP contribution in [0.25, 0.3) is 0 Å².